The molecule has 0 spiro atoms. The lowest BCUT2D eigenvalue weighted by Crippen LogP contribution is -2.24. The third-order valence-corrected chi connectivity index (χ3v) is 5.97. The molecule has 2 aromatic carbocycles. The summed E-state index contributed by atoms with van der Waals surface area (Å²) in [6.07, 6.45) is 0. The molecule has 0 aliphatic carbocycles. The molecule has 0 aliphatic rings. The summed E-state index contributed by atoms with van der Waals surface area (Å²) in [5.74, 6) is -0.126. The van der Waals surface area contributed by atoms with Crippen LogP contribution in [0.4, 0.5) is 5.69 Å². The summed E-state index contributed by atoms with van der Waals surface area (Å²) in [5, 5.41) is 3.36. The fraction of sp³-hybridized carbons (Fsp3) is 0.235. The molecule has 2 rings (SSSR count). The second-order valence-corrected chi connectivity index (χ2v) is 8.64. The fourth-order valence-electron chi connectivity index (χ4n) is 2.09. The molecule has 0 atom stereocenters. The van der Waals surface area contributed by atoms with E-state index >= 15 is 0 Å². The zero-order valence-electron chi connectivity index (χ0n) is 14.4. The third kappa shape index (κ3) is 4.88. The molecule has 0 radical (unpaired) electrons. The molecule has 2 aromatic rings. The molecule has 9 heteroatoms. The summed E-state index contributed by atoms with van der Waals surface area (Å²) in [6.45, 7) is 1.40. The van der Waals surface area contributed by atoms with Crippen molar-refractivity contribution in [3.63, 3.8) is 0 Å². The number of ether oxygens (including phenoxy) is 1. The first kappa shape index (κ1) is 20.5. The second kappa shape index (κ2) is 8.26. The first-order chi connectivity index (χ1) is 12.1. The van der Waals surface area contributed by atoms with Gasteiger partial charge in [0.15, 0.2) is 6.61 Å². The molecule has 0 heterocycles. The number of benzene rings is 2. The lowest BCUT2D eigenvalue weighted by Gasteiger charge is -2.15. The quantitative estimate of drug-likeness (QED) is 0.780. The molecule has 0 saturated heterocycles. The van der Waals surface area contributed by atoms with E-state index in [4.69, 9.17) is 27.9 Å². The first-order valence-corrected chi connectivity index (χ1v) is 9.71. The van der Waals surface area contributed by atoms with Gasteiger partial charge >= 0.3 is 0 Å². The Morgan fingerprint density at radius 3 is 2.46 bits per heavy atom. The van der Waals surface area contributed by atoms with Crippen LogP contribution in [0.2, 0.25) is 10.0 Å². The zero-order valence-corrected chi connectivity index (χ0v) is 16.7. The Bertz CT molecular complexity index is 930. The van der Waals surface area contributed by atoms with Crippen LogP contribution in [-0.2, 0) is 14.8 Å². The van der Waals surface area contributed by atoms with Gasteiger partial charge in [0, 0.05) is 24.8 Å². The number of nitrogens with zero attached hydrogens (tertiary/aromatic N) is 1. The van der Waals surface area contributed by atoms with E-state index in [0.29, 0.717) is 27.0 Å². The van der Waals surface area contributed by atoms with Gasteiger partial charge in [-0.1, -0.05) is 29.3 Å². The zero-order chi connectivity index (χ0) is 19.5. The number of carbonyl (C=O) groups excluding carboxylic acids is 1. The largest absolute Gasteiger partial charge is 0.482 e. The average Bonchev–Trinajstić information content (AvgIpc) is 2.55. The SMILES string of the molecule is Cc1ccc(NC(=O)COc2ccc(Cl)cc2Cl)cc1S(=O)(=O)N(C)C. The number of carbonyl (C=O) groups is 1. The molecular weight excluding hydrogens is 399 g/mol. The Morgan fingerprint density at radius 1 is 1.15 bits per heavy atom. The Balaban J connectivity index is 2.10. The van der Waals surface area contributed by atoms with Crippen molar-refractivity contribution in [3.8, 4) is 5.75 Å². The maximum atomic E-state index is 12.3. The predicted molar refractivity (Wildman–Crippen MR) is 103 cm³/mol. The van der Waals surface area contributed by atoms with Gasteiger partial charge in [-0.25, -0.2) is 12.7 Å². The highest BCUT2D eigenvalue weighted by atomic mass is 35.5. The molecule has 1 N–H and O–H groups in total. The standard InChI is InChI=1S/C17H18Cl2N2O4S/c1-11-4-6-13(9-16(11)26(23,24)21(2)3)20-17(22)10-25-15-7-5-12(18)8-14(15)19/h4-9H,10H2,1-3H3,(H,20,22). The van der Waals surface area contributed by atoms with Gasteiger partial charge < -0.3 is 10.1 Å². The van der Waals surface area contributed by atoms with Gasteiger partial charge in [0.1, 0.15) is 5.75 Å². The van der Waals surface area contributed by atoms with Gasteiger partial charge in [0.2, 0.25) is 10.0 Å². The summed E-state index contributed by atoms with van der Waals surface area (Å²) >= 11 is 11.8. The molecule has 0 saturated carbocycles. The van der Waals surface area contributed by atoms with E-state index in [9.17, 15) is 13.2 Å². The van der Waals surface area contributed by atoms with Crippen LogP contribution < -0.4 is 10.1 Å². The van der Waals surface area contributed by atoms with Gasteiger partial charge in [0.25, 0.3) is 5.91 Å². The predicted octanol–water partition coefficient (Wildman–Crippen LogP) is 3.57. The normalized spacial score (nSPS) is 11.5. The second-order valence-electron chi connectivity index (χ2n) is 5.68. The van der Waals surface area contributed by atoms with Crippen molar-refractivity contribution in [2.45, 2.75) is 11.8 Å². The summed E-state index contributed by atoms with van der Waals surface area (Å²) in [4.78, 5) is 12.2. The first-order valence-electron chi connectivity index (χ1n) is 7.52. The van der Waals surface area contributed by atoms with Crippen molar-refractivity contribution >= 4 is 44.8 Å². The molecule has 0 aliphatic heterocycles. The van der Waals surface area contributed by atoms with Gasteiger partial charge in [-0.05, 0) is 42.8 Å². The third-order valence-electron chi connectivity index (χ3n) is 3.48. The van der Waals surface area contributed by atoms with E-state index in [1.165, 1.54) is 26.2 Å². The Labute approximate surface area is 162 Å². The number of anilines is 1. The summed E-state index contributed by atoms with van der Waals surface area (Å²) in [7, 11) is -0.714. The van der Waals surface area contributed by atoms with E-state index in [-0.39, 0.29) is 11.5 Å². The number of hydrogen-bond acceptors (Lipinski definition) is 4. The van der Waals surface area contributed by atoms with Crippen molar-refractivity contribution in [3.05, 3.63) is 52.0 Å². The highest BCUT2D eigenvalue weighted by Crippen LogP contribution is 2.27. The molecule has 26 heavy (non-hydrogen) atoms. The average molecular weight is 417 g/mol. The molecule has 0 aromatic heterocycles. The number of sulfonamides is 1. The number of hydrogen-bond donors (Lipinski definition) is 1. The summed E-state index contributed by atoms with van der Waals surface area (Å²) < 4.78 is 31.1. The molecule has 140 valence electrons. The highest BCUT2D eigenvalue weighted by molar-refractivity contribution is 7.89. The van der Waals surface area contributed by atoms with E-state index in [1.54, 1.807) is 31.2 Å². The van der Waals surface area contributed by atoms with Crippen LogP contribution in [-0.4, -0.2) is 39.3 Å². The maximum Gasteiger partial charge on any atom is 0.262 e. The van der Waals surface area contributed by atoms with Crippen LogP contribution in [0.3, 0.4) is 0 Å². The van der Waals surface area contributed by atoms with E-state index < -0.39 is 15.9 Å². The van der Waals surface area contributed by atoms with Crippen LogP contribution in [0, 0.1) is 6.92 Å². The monoisotopic (exact) mass is 416 g/mol. The topological polar surface area (TPSA) is 75.7 Å². The molecule has 0 fully saturated rings. The lowest BCUT2D eigenvalue weighted by molar-refractivity contribution is -0.118. The molecule has 0 unspecified atom stereocenters. The minimum Gasteiger partial charge on any atom is -0.482 e. The van der Waals surface area contributed by atoms with Crippen molar-refractivity contribution in [2.75, 3.05) is 26.0 Å². The Kier molecular flexibility index (Phi) is 6.52. The van der Waals surface area contributed by atoms with Gasteiger partial charge in [-0.15, -0.1) is 0 Å². The van der Waals surface area contributed by atoms with Gasteiger partial charge in [-0.2, -0.15) is 0 Å². The van der Waals surface area contributed by atoms with E-state index in [0.717, 1.165) is 4.31 Å². The molecule has 1 amide bonds. The maximum absolute atomic E-state index is 12.3. The summed E-state index contributed by atoms with van der Waals surface area (Å²) in [6, 6.07) is 9.33. The van der Waals surface area contributed by atoms with Crippen molar-refractivity contribution in [1.29, 1.82) is 0 Å². The van der Waals surface area contributed by atoms with Crippen LogP contribution in [0.15, 0.2) is 41.3 Å². The highest BCUT2D eigenvalue weighted by Gasteiger charge is 2.20. The smallest absolute Gasteiger partial charge is 0.262 e. The molecule has 0 bridgehead atoms. The van der Waals surface area contributed by atoms with Crippen molar-refractivity contribution in [1.82, 2.24) is 4.31 Å². The minimum atomic E-state index is -3.61. The van der Waals surface area contributed by atoms with E-state index in [1.807, 2.05) is 0 Å². The summed E-state index contributed by atoms with van der Waals surface area (Å²) in [5.41, 5.74) is 0.938. The van der Waals surface area contributed by atoms with Crippen molar-refractivity contribution < 1.29 is 17.9 Å². The Hall–Kier alpha value is -1.80. The Morgan fingerprint density at radius 2 is 1.85 bits per heavy atom. The molecular formula is C17H18Cl2N2O4S. The number of rotatable bonds is 6. The number of nitrogens with one attached hydrogen (secondary N) is 1. The number of aryl methyl sites for hydroxylation is 1. The number of amides is 1. The van der Waals surface area contributed by atoms with Crippen LogP contribution in [0.5, 0.6) is 5.75 Å². The minimum absolute atomic E-state index is 0.127. The fourth-order valence-corrected chi connectivity index (χ4v) is 3.69. The van der Waals surface area contributed by atoms with E-state index in [2.05, 4.69) is 5.32 Å². The molecule has 6 nitrogen and oxygen atoms in total. The van der Waals surface area contributed by atoms with Crippen molar-refractivity contribution in [2.24, 2.45) is 0 Å². The van der Waals surface area contributed by atoms with Gasteiger partial charge in [0.05, 0.1) is 9.92 Å². The van der Waals surface area contributed by atoms with Crippen LogP contribution in [0.1, 0.15) is 5.56 Å². The lowest BCUT2D eigenvalue weighted by atomic mass is 10.2. The van der Waals surface area contributed by atoms with Crippen LogP contribution in [0.25, 0.3) is 0 Å². The van der Waals surface area contributed by atoms with Crippen LogP contribution >= 0.6 is 23.2 Å². The number of halogens is 2. The van der Waals surface area contributed by atoms with Gasteiger partial charge in [-0.3, -0.25) is 4.79 Å².